The van der Waals surface area contributed by atoms with E-state index in [4.69, 9.17) is 4.74 Å². The monoisotopic (exact) mass is 440 g/mol. The molecule has 4 rings (SSSR count). The van der Waals surface area contributed by atoms with E-state index in [0.29, 0.717) is 22.5 Å². The van der Waals surface area contributed by atoms with E-state index in [9.17, 15) is 9.59 Å². The summed E-state index contributed by atoms with van der Waals surface area (Å²) in [5.41, 5.74) is 1.05. The third kappa shape index (κ3) is 5.29. The Morgan fingerprint density at radius 3 is 2.35 bits per heavy atom. The van der Waals surface area contributed by atoms with Crippen molar-refractivity contribution in [2.75, 3.05) is 32.8 Å². The zero-order chi connectivity index (χ0) is 21.8. The molecule has 166 valence electrons. The zero-order valence-electron chi connectivity index (χ0n) is 18.5. The first kappa shape index (κ1) is 21.9. The highest BCUT2D eigenvalue weighted by Gasteiger charge is 2.30. The largest absolute Gasteiger partial charge is 0.482 e. The molecule has 2 amide bonds. The highest BCUT2D eigenvalue weighted by atomic mass is 32.1. The van der Waals surface area contributed by atoms with Crippen molar-refractivity contribution in [3.63, 3.8) is 0 Å². The number of thiophene rings is 1. The predicted molar refractivity (Wildman–Crippen MR) is 125 cm³/mol. The maximum atomic E-state index is 13.5. The summed E-state index contributed by atoms with van der Waals surface area (Å²) in [6.45, 7) is 7.54. The number of hydrogen-bond donors (Lipinski definition) is 0. The molecule has 0 saturated carbocycles. The highest BCUT2D eigenvalue weighted by molar-refractivity contribution is 7.17. The van der Waals surface area contributed by atoms with Gasteiger partial charge in [0.1, 0.15) is 10.6 Å². The molecule has 0 unspecified atom stereocenters. The van der Waals surface area contributed by atoms with E-state index >= 15 is 0 Å². The van der Waals surface area contributed by atoms with Crippen molar-refractivity contribution in [2.24, 2.45) is 11.8 Å². The van der Waals surface area contributed by atoms with E-state index in [-0.39, 0.29) is 18.4 Å². The van der Waals surface area contributed by atoms with Crippen molar-refractivity contribution in [1.29, 1.82) is 0 Å². The number of hydrogen-bond acceptors (Lipinski definition) is 4. The number of nitrogens with zero attached hydrogens (tertiary/aromatic N) is 2. The Morgan fingerprint density at radius 2 is 1.68 bits per heavy atom. The minimum Gasteiger partial charge on any atom is -0.482 e. The van der Waals surface area contributed by atoms with Gasteiger partial charge in [-0.3, -0.25) is 9.59 Å². The fourth-order valence-corrected chi connectivity index (χ4v) is 5.80. The minimum atomic E-state index is -0.0158. The lowest BCUT2D eigenvalue weighted by atomic mass is 9.92. The van der Waals surface area contributed by atoms with E-state index in [2.05, 4.69) is 13.8 Å². The predicted octanol–water partition coefficient (Wildman–Crippen LogP) is 4.92. The summed E-state index contributed by atoms with van der Waals surface area (Å²) in [6.07, 6.45) is 4.44. The Labute approximate surface area is 189 Å². The van der Waals surface area contributed by atoms with Gasteiger partial charge in [0.2, 0.25) is 0 Å². The normalized spacial score (nSPS) is 21.7. The summed E-state index contributed by atoms with van der Waals surface area (Å²) in [5.74, 6) is 1.54. The lowest BCUT2D eigenvalue weighted by molar-refractivity contribution is -0.134. The maximum absolute atomic E-state index is 13.5. The number of benzene rings is 1. The summed E-state index contributed by atoms with van der Waals surface area (Å²) in [4.78, 5) is 31.5. The first-order valence-corrected chi connectivity index (χ1v) is 12.2. The van der Waals surface area contributed by atoms with Crippen molar-refractivity contribution in [1.82, 2.24) is 9.80 Å². The van der Waals surface area contributed by atoms with Crippen LogP contribution in [0, 0.1) is 11.8 Å². The fourth-order valence-electron chi connectivity index (χ4n) is 4.72. The van der Waals surface area contributed by atoms with Crippen molar-refractivity contribution in [3.8, 4) is 16.2 Å². The van der Waals surface area contributed by atoms with Crippen LogP contribution in [0.25, 0.3) is 10.4 Å². The Hall–Kier alpha value is -2.34. The van der Waals surface area contributed by atoms with Crippen LogP contribution < -0.4 is 4.74 Å². The van der Waals surface area contributed by atoms with Gasteiger partial charge in [-0.1, -0.05) is 44.2 Å². The molecule has 0 bridgehead atoms. The van der Waals surface area contributed by atoms with Crippen LogP contribution in [0.1, 0.15) is 49.2 Å². The average Bonchev–Trinajstić information content (AvgIpc) is 3.21. The Bertz CT molecular complexity index is 895. The van der Waals surface area contributed by atoms with Crippen LogP contribution >= 0.6 is 11.3 Å². The van der Waals surface area contributed by atoms with Crippen molar-refractivity contribution >= 4 is 23.2 Å². The van der Waals surface area contributed by atoms with Crippen LogP contribution in [0.4, 0.5) is 0 Å². The van der Waals surface area contributed by atoms with Gasteiger partial charge in [0.05, 0.1) is 0 Å². The van der Waals surface area contributed by atoms with Crippen molar-refractivity contribution in [3.05, 3.63) is 41.3 Å². The van der Waals surface area contributed by atoms with Gasteiger partial charge in [0, 0.05) is 31.1 Å². The molecule has 0 aliphatic carbocycles. The summed E-state index contributed by atoms with van der Waals surface area (Å²) in [7, 11) is 0. The third-order valence-corrected chi connectivity index (χ3v) is 7.32. The van der Waals surface area contributed by atoms with Gasteiger partial charge in [-0.2, -0.15) is 0 Å². The summed E-state index contributed by atoms with van der Waals surface area (Å²) in [6, 6.07) is 12.0. The summed E-state index contributed by atoms with van der Waals surface area (Å²) in [5, 5.41) is 0. The number of likely N-dealkylation sites (tertiary alicyclic amines) is 2. The number of carbonyl (C=O) groups excluding carboxylic acids is 2. The second kappa shape index (κ2) is 9.86. The zero-order valence-corrected chi connectivity index (χ0v) is 19.3. The van der Waals surface area contributed by atoms with Gasteiger partial charge in [0.15, 0.2) is 6.61 Å². The molecule has 3 heterocycles. The van der Waals surface area contributed by atoms with Crippen LogP contribution in [0.15, 0.2) is 36.4 Å². The molecule has 6 heteroatoms. The Morgan fingerprint density at radius 1 is 1.00 bits per heavy atom. The first-order valence-electron chi connectivity index (χ1n) is 11.4. The number of ether oxygens (including phenoxy) is 1. The molecule has 0 spiro atoms. The molecule has 5 nitrogen and oxygen atoms in total. The molecule has 31 heavy (non-hydrogen) atoms. The van der Waals surface area contributed by atoms with Gasteiger partial charge in [0.25, 0.3) is 11.8 Å². The smallest absolute Gasteiger partial charge is 0.267 e. The molecule has 2 fully saturated rings. The van der Waals surface area contributed by atoms with E-state index < -0.39 is 0 Å². The quantitative estimate of drug-likeness (QED) is 0.663. The lowest BCUT2D eigenvalue weighted by Gasteiger charge is -2.34. The standard InChI is InChI=1S/C25H32N2O3S/c1-18-13-19(2)16-27(15-18)25(29)24-21(14-22(31-24)20-9-5-3-6-10-20)30-17-23(28)26-11-7-4-8-12-26/h3,5-6,9-10,14,18-19H,4,7-8,11-13,15-17H2,1-2H3/t18-,19-/m0/s1. The third-order valence-electron chi connectivity index (χ3n) is 6.17. The highest BCUT2D eigenvalue weighted by Crippen LogP contribution is 2.38. The van der Waals surface area contributed by atoms with Crippen LogP contribution in [0.2, 0.25) is 0 Å². The second-order valence-corrected chi connectivity index (χ2v) is 10.1. The second-order valence-electron chi connectivity index (χ2n) is 9.06. The average molecular weight is 441 g/mol. The van der Waals surface area contributed by atoms with Crippen LogP contribution in [0.3, 0.4) is 0 Å². The molecular weight excluding hydrogens is 408 g/mol. The first-order chi connectivity index (χ1) is 15.0. The molecule has 1 aromatic heterocycles. The molecule has 0 N–H and O–H groups in total. The fraction of sp³-hybridized carbons (Fsp3) is 0.520. The summed E-state index contributed by atoms with van der Waals surface area (Å²) < 4.78 is 5.99. The molecule has 2 aliphatic rings. The molecule has 2 aromatic rings. The van der Waals surface area contributed by atoms with Gasteiger partial charge >= 0.3 is 0 Å². The molecule has 0 radical (unpaired) electrons. The van der Waals surface area contributed by atoms with E-state index in [1.165, 1.54) is 17.8 Å². The Balaban J connectivity index is 1.56. The SMILES string of the molecule is C[C@H]1C[C@H](C)CN(C(=O)c2sc(-c3ccccc3)cc2OCC(=O)N2CCCCC2)C1. The molecule has 2 atom stereocenters. The number of carbonyl (C=O) groups is 2. The minimum absolute atomic E-state index is 0.00535. The molecule has 2 saturated heterocycles. The van der Waals surface area contributed by atoms with E-state index in [1.807, 2.05) is 46.2 Å². The van der Waals surface area contributed by atoms with Gasteiger partial charge in [-0.15, -0.1) is 11.3 Å². The van der Waals surface area contributed by atoms with Crippen molar-refractivity contribution in [2.45, 2.75) is 39.5 Å². The Kier molecular flexibility index (Phi) is 6.96. The van der Waals surface area contributed by atoms with E-state index in [1.54, 1.807) is 0 Å². The summed E-state index contributed by atoms with van der Waals surface area (Å²) >= 11 is 1.46. The lowest BCUT2D eigenvalue weighted by Crippen LogP contribution is -2.42. The number of amides is 2. The van der Waals surface area contributed by atoms with Gasteiger partial charge in [-0.05, 0) is 49.1 Å². The van der Waals surface area contributed by atoms with Crippen LogP contribution in [-0.2, 0) is 4.79 Å². The van der Waals surface area contributed by atoms with Crippen LogP contribution in [0.5, 0.6) is 5.75 Å². The molecular formula is C25H32N2O3S. The molecule has 2 aliphatic heterocycles. The number of piperidine rings is 2. The van der Waals surface area contributed by atoms with E-state index in [0.717, 1.165) is 55.9 Å². The van der Waals surface area contributed by atoms with Gasteiger partial charge < -0.3 is 14.5 Å². The maximum Gasteiger partial charge on any atom is 0.267 e. The van der Waals surface area contributed by atoms with Crippen molar-refractivity contribution < 1.29 is 14.3 Å². The van der Waals surface area contributed by atoms with Gasteiger partial charge in [-0.25, -0.2) is 0 Å². The number of rotatable bonds is 5. The topological polar surface area (TPSA) is 49.9 Å². The molecule has 1 aromatic carbocycles. The van der Waals surface area contributed by atoms with Crippen LogP contribution in [-0.4, -0.2) is 54.4 Å².